The van der Waals surface area contributed by atoms with Crippen LogP contribution >= 0.6 is 0 Å². The molecule has 1 saturated carbocycles. The van der Waals surface area contributed by atoms with Gasteiger partial charge in [-0.3, -0.25) is 5.10 Å². The number of carbonyl (C=O) groups is 1. The molecule has 2 atom stereocenters. The summed E-state index contributed by atoms with van der Waals surface area (Å²) in [6.45, 7) is 1.21. The summed E-state index contributed by atoms with van der Waals surface area (Å²) in [5.74, 6) is 1.47. The van der Waals surface area contributed by atoms with Crippen molar-refractivity contribution in [2.75, 3.05) is 13.2 Å². The summed E-state index contributed by atoms with van der Waals surface area (Å²) in [5, 5.41) is 6.63. The van der Waals surface area contributed by atoms with Gasteiger partial charge in [0.25, 0.3) is 0 Å². The second-order valence-electron chi connectivity index (χ2n) is 6.34. The van der Waals surface area contributed by atoms with E-state index in [2.05, 4.69) is 15.2 Å². The maximum absolute atomic E-state index is 12.4. The number of esters is 1. The topological polar surface area (TPSA) is 77.1 Å². The van der Waals surface area contributed by atoms with Gasteiger partial charge in [-0.05, 0) is 24.5 Å². The summed E-state index contributed by atoms with van der Waals surface area (Å²) in [4.78, 5) is 16.5. The molecule has 0 bridgehead atoms. The van der Waals surface area contributed by atoms with Crippen LogP contribution in [-0.2, 0) is 9.47 Å². The van der Waals surface area contributed by atoms with Gasteiger partial charge in [-0.2, -0.15) is 5.10 Å². The minimum Gasteiger partial charge on any atom is -0.456 e. The third kappa shape index (κ3) is 3.27. The van der Waals surface area contributed by atoms with Crippen LogP contribution < -0.4 is 0 Å². The highest BCUT2D eigenvalue weighted by Crippen LogP contribution is 2.38. The maximum atomic E-state index is 12.4. The summed E-state index contributed by atoms with van der Waals surface area (Å²) in [6.07, 6.45) is 5.03. The Morgan fingerprint density at radius 2 is 2.26 bits per heavy atom. The molecular formula is C17H19N3O3. The van der Waals surface area contributed by atoms with E-state index in [0.29, 0.717) is 30.5 Å². The van der Waals surface area contributed by atoms with Crippen LogP contribution in [-0.4, -0.2) is 40.5 Å². The first-order valence-corrected chi connectivity index (χ1v) is 8.04. The van der Waals surface area contributed by atoms with Gasteiger partial charge in [-0.15, -0.1) is 0 Å². The zero-order valence-electron chi connectivity index (χ0n) is 12.8. The molecule has 4 rings (SSSR count). The van der Waals surface area contributed by atoms with E-state index in [1.165, 1.54) is 19.2 Å². The van der Waals surface area contributed by atoms with Gasteiger partial charge in [-0.25, -0.2) is 9.78 Å². The van der Waals surface area contributed by atoms with Crippen molar-refractivity contribution >= 4 is 5.97 Å². The number of carbonyl (C=O) groups excluding carboxylic acids is 1. The summed E-state index contributed by atoms with van der Waals surface area (Å²) < 4.78 is 11.2. The fourth-order valence-electron chi connectivity index (χ4n) is 3.05. The van der Waals surface area contributed by atoms with Crippen molar-refractivity contribution in [1.82, 2.24) is 15.2 Å². The minimum absolute atomic E-state index is 0.128. The average molecular weight is 313 g/mol. The highest BCUT2D eigenvalue weighted by Gasteiger charge is 2.36. The van der Waals surface area contributed by atoms with Crippen LogP contribution in [0, 0.1) is 11.8 Å². The van der Waals surface area contributed by atoms with E-state index >= 15 is 0 Å². The summed E-state index contributed by atoms with van der Waals surface area (Å²) >= 11 is 0. The predicted octanol–water partition coefficient (Wildman–Crippen LogP) is 2.44. The van der Waals surface area contributed by atoms with Gasteiger partial charge in [0.2, 0.25) is 0 Å². The largest absolute Gasteiger partial charge is 0.456 e. The summed E-state index contributed by atoms with van der Waals surface area (Å²) in [5.41, 5.74) is 1.34. The Hall–Kier alpha value is -2.21. The van der Waals surface area contributed by atoms with E-state index < -0.39 is 0 Å². The Bertz CT molecular complexity index is 682. The molecule has 0 spiro atoms. The first-order valence-electron chi connectivity index (χ1n) is 8.04. The van der Waals surface area contributed by atoms with E-state index in [-0.39, 0.29) is 12.1 Å². The number of H-pyrrole nitrogens is 1. The number of nitrogens with one attached hydrogen (secondary N) is 1. The lowest BCUT2D eigenvalue weighted by atomic mass is 9.99. The zero-order chi connectivity index (χ0) is 15.6. The Labute approximate surface area is 134 Å². The standard InChI is InChI=1S/C17H19N3O3/c21-17(23-15-9-22-8-14(15)6-11-4-5-11)13-3-1-2-12(7-13)16-18-10-19-20-16/h1-3,7,10-11,14-15H,4-6,8-9H2,(H,18,19,20). The predicted molar refractivity (Wildman–Crippen MR) is 82.7 cm³/mol. The lowest BCUT2D eigenvalue weighted by Crippen LogP contribution is -2.26. The molecule has 23 heavy (non-hydrogen) atoms. The number of rotatable bonds is 5. The van der Waals surface area contributed by atoms with E-state index in [1.807, 2.05) is 12.1 Å². The smallest absolute Gasteiger partial charge is 0.338 e. The normalized spacial score (nSPS) is 23.8. The monoisotopic (exact) mass is 313 g/mol. The van der Waals surface area contributed by atoms with Crippen LogP contribution in [0.5, 0.6) is 0 Å². The molecule has 1 saturated heterocycles. The molecule has 6 nitrogen and oxygen atoms in total. The molecular weight excluding hydrogens is 294 g/mol. The number of hydrogen-bond acceptors (Lipinski definition) is 5. The van der Waals surface area contributed by atoms with Gasteiger partial charge in [0.1, 0.15) is 12.4 Å². The van der Waals surface area contributed by atoms with Crippen LogP contribution in [0.15, 0.2) is 30.6 Å². The van der Waals surface area contributed by atoms with Gasteiger partial charge in [0.05, 0.1) is 18.8 Å². The number of hydrogen-bond donors (Lipinski definition) is 1. The van der Waals surface area contributed by atoms with Crippen LogP contribution in [0.4, 0.5) is 0 Å². The van der Waals surface area contributed by atoms with E-state index in [1.54, 1.807) is 12.1 Å². The molecule has 2 unspecified atom stereocenters. The van der Waals surface area contributed by atoms with Gasteiger partial charge < -0.3 is 9.47 Å². The molecule has 1 aliphatic carbocycles. The molecule has 1 aliphatic heterocycles. The fraction of sp³-hybridized carbons (Fsp3) is 0.471. The SMILES string of the molecule is O=C(OC1COCC1CC1CC1)c1cccc(-c2ncn[nH]2)c1. The quantitative estimate of drug-likeness (QED) is 0.858. The molecule has 120 valence electrons. The van der Waals surface area contributed by atoms with Crippen molar-refractivity contribution in [2.24, 2.45) is 11.8 Å². The minimum atomic E-state index is -0.303. The number of aromatic nitrogens is 3. The molecule has 0 radical (unpaired) electrons. The van der Waals surface area contributed by atoms with Gasteiger partial charge in [-0.1, -0.05) is 25.0 Å². The van der Waals surface area contributed by atoms with E-state index in [9.17, 15) is 4.79 Å². The Kier molecular flexibility index (Phi) is 3.83. The van der Waals surface area contributed by atoms with Gasteiger partial charge in [0, 0.05) is 11.5 Å². The molecule has 2 aliphatic rings. The first-order chi connectivity index (χ1) is 11.3. The molecule has 2 heterocycles. The highest BCUT2D eigenvalue weighted by atomic mass is 16.6. The zero-order valence-corrected chi connectivity index (χ0v) is 12.8. The Morgan fingerprint density at radius 3 is 3.04 bits per heavy atom. The van der Waals surface area contributed by atoms with Crippen molar-refractivity contribution in [1.29, 1.82) is 0 Å². The fourth-order valence-corrected chi connectivity index (χ4v) is 3.05. The molecule has 1 N–H and O–H groups in total. The second-order valence-corrected chi connectivity index (χ2v) is 6.34. The molecule has 0 amide bonds. The Morgan fingerprint density at radius 1 is 1.35 bits per heavy atom. The molecule has 6 heteroatoms. The van der Waals surface area contributed by atoms with Crippen molar-refractivity contribution in [3.63, 3.8) is 0 Å². The Balaban J connectivity index is 1.45. The van der Waals surface area contributed by atoms with Crippen molar-refractivity contribution in [3.05, 3.63) is 36.2 Å². The molecule has 2 fully saturated rings. The molecule has 1 aromatic heterocycles. The van der Waals surface area contributed by atoms with Gasteiger partial charge in [0.15, 0.2) is 5.82 Å². The lowest BCUT2D eigenvalue weighted by Gasteiger charge is -2.18. The van der Waals surface area contributed by atoms with Crippen LogP contribution in [0.25, 0.3) is 11.4 Å². The van der Waals surface area contributed by atoms with Gasteiger partial charge >= 0.3 is 5.97 Å². The van der Waals surface area contributed by atoms with E-state index in [4.69, 9.17) is 9.47 Å². The van der Waals surface area contributed by atoms with Crippen molar-refractivity contribution < 1.29 is 14.3 Å². The average Bonchev–Trinajstić information content (AvgIpc) is 3.04. The lowest BCUT2D eigenvalue weighted by molar-refractivity contribution is 0.0189. The third-order valence-corrected chi connectivity index (χ3v) is 4.52. The third-order valence-electron chi connectivity index (χ3n) is 4.52. The second kappa shape index (κ2) is 6.12. The number of benzene rings is 1. The highest BCUT2D eigenvalue weighted by molar-refractivity contribution is 5.90. The maximum Gasteiger partial charge on any atom is 0.338 e. The molecule has 2 aromatic rings. The van der Waals surface area contributed by atoms with E-state index in [0.717, 1.165) is 17.9 Å². The van der Waals surface area contributed by atoms with Crippen molar-refractivity contribution in [3.8, 4) is 11.4 Å². The number of aromatic amines is 1. The van der Waals surface area contributed by atoms with Crippen LogP contribution in [0.2, 0.25) is 0 Å². The number of ether oxygens (including phenoxy) is 2. The molecule has 1 aromatic carbocycles. The first kappa shape index (κ1) is 14.4. The summed E-state index contributed by atoms with van der Waals surface area (Å²) in [6, 6.07) is 7.23. The van der Waals surface area contributed by atoms with Crippen molar-refractivity contribution in [2.45, 2.75) is 25.4 Å². The summed E-state index contributed by atoms with van der Waals surface area (Å²) in [7, 11) is 0. The van der Waals surface area contributed by atoms with Crippen LogP contribution in [0.3, 0.4) is 0 Å². The number of nitrogens with zero attached hydrogens (tertiary/aromatic N) is 2. The van der Waals surface area contributed by atoms with Crippen LogP contribution in [0.1, 0.15) is 29.6 Å².